The zero-order valence-electron chi connectivity index (χ0n) is 14.4. The van der Waals surface area contributed by atoms with Gasteiger partial charge in [-0.15, -0.1) is 0 Å². The molecule has 0 aliphatic heterocycles. The number of nitrogens with one attached hydrogen (secondary N) is 1. The van der Waals surface area contributed by atoms with Gasteiger partial charge in [-0.1, -0.05) is 13.8 Å². The van der Waals surface area contributed by atoms with Crippen LogP contribution < -0.4 is 21.9 Å². The van der Waals surface area contributed by atoms with E-state index in [-0.39, 0.29) is 36.1 Å². The van der Waals surface area contributed by atoms with Gasteiger partial charge < -0.3 is 14.9 Å². The Morgan fingerprint density at radius 2 is 2.16 bits per heavy atom. The van der Waals surface area contributed by atoms with Crippen LogP contribution in [0.5, 0.6) is 0 Å². The molecule has 0 aliphatic carbocycles. The highest BCUT2D eigenvalue weighted by atomic mass is 16.5. The molecule has 9 heteroatoms. The summed E-state index contributed by atoms with van der Waals surface area (Å²) in [5.41, 5.74) is 4.93. The van der Waals surface area contributed by atoms with Gasteiger partial charge in [-0.3, -0.25) is 24.0 Å². The van der Waals surface area contributed by atoms with Gasteiger partial charge in [0.15, 0.2) is 5.69 Å². The Kier molecular flexibility index (Phi) is 5.81. The molecule has 0 aromatic carbocycles. The van der Waals surface area contributed by atoms with E-state index in [1.165, 1.54) is 35.2 Å². The van der Waals surface area contributed by atoms with Gasteiger partial charge in [0.25, 0.3) is 11.5 Å². The first-order chi connectivity index (χ1) is 11.9. The Labute approximate surface area is 144 Å². The number of nitrogens with two attached hydrogens (primary N) is 1. The number of furan rings is 1. The number of hydrogen-bond acceptors (Lipinski definition) is 6. The molecule has 2 rings (SSSR count). The monoisotopic (exact) mass is 350 g/mol. The van der Waals surface area contributed by atoms with Crippen molar-refractivity contribution in [3.8, 4) is 0 Å². The van der Waals surface area contributed by atoms with E-state index in [0.717, 1.165) is 0 Å². The summed E-state index contributed by atoms with van der Waals surface area (Å²) in [7, 11) is 1.48. The molecule has 2 aromatic heterocycles. The number of nitrogens with zero attached hydrogens (tertiary/aromatic N) is 2. The summed E-state index contributed by atoms with van der Waals surface area (Å²) in [4.78, 5) is 40.6. The van der Waals surface area contributed by atoms with E-state index in [1.807, 2.05) is 13.8 Å². The van der Waals surface area contributed by atoms with Crippen LogP contribution in [0.1, 0.15) is 24.2 Å². The summed E-state index contributed by atoms with van der Waals surface area (Å²) in [6, 6.07) is 1.48. The third kappa shape index (κ3) is 4.00. The van der Waals surface area contributed by atoms with Crippen LogP contribution in [-0.2, 0) is 11.3 Å². The smallest absolute Gasteiger partial charge is 0.330 e. The number of aromatic nitrogens is 2. The minimum Gasteiger partial charge on any atom is -0.472 e. The topological polar surface area (TPSA) is 124 Å². The number of carbonyl (C=O) groups is 1. The fourth-order valence-electron chi connectivity index (χ4n) is 2.42. The van der Waals surface area contributed by atoms with Gasteiger partial charge in [-0.2, -0.15) is 0 Å². The Balaban J connectivity index is 2.58. The maximum atomic E-state index is 12.7. The number of aromatic amines is 1. The van der Waals surface area contributed by atoms with Gasteiger partial charge in [0, 0.05) is 20.2 Å². The third-order valence-electron chi connectivity index (χ3n) is 3.56. The predicted molar refractivity (Wildman–Crippen MR) is 92.8 cm³/mol. The number of ether oxygens (including phenoxy) is 1. The summed E-state index contributed by atoms with van der Waals surface area (Å²) in [5.74, 6) is -0.413. The highest BCUT2D eigenvalue weighted by Crippen LogP contribution is 2.20. The second-order valence-electron chi connectivity index (χ2n) is 5.96. The molecule has 0 saturated carbocycles. The van der Waals surface area contributed by atoms with Crippen LogP contribution in [0, 0.1) is 5.92 Å². The molecule has 25 heavy (non-hydrogen) atoms. The van der Waals surface area contributed by atoms with Crippen molar-refractivity contribution < 1.29 is 13.9 Å². The van der Waals surface area contributed by atoms with Crippen LogP contribution in [0.15, 0.2) is 32.6 Å². The molecule has 0 atom stereocenters. The predicted octanol–water partition coefficient (Wildman–Crippen LogP) is 0.661. The average Bonchev–Trinajstić information content (AvgIpc) is 3.08. The van der Waals surface area contributed by atoms with Crippen molar-refractivity contribution in [1.82, 2.24) is 9.55 Å². The molecule has 2 aromatic rings. The number of anilines is 2. The van der Waals surface area contributed by atoms with Crippen molar-refractivity contribution >= 4 is 17.4 Å². The van der Waals surface area contributed by atoms with Crippen LogP contribution in [0.2, 0.25) is 0 Å². The number of methoxy groups -OCH3 is 1. The van der Waals surface area contributed by atoms with Crippen molar-refractivity contribution in [2.75, 3.05) is 30.9 Å². The molecule has 0 radical (unpaired) electrons. The van der Waals surface area contributed by atoms with Crippen LogP contribution in [0.4, 0.5) is 11.5 Å². The van der Waals surface area contributed by atoms with Crippen LogP contribution in [-0.4, -0.2) is 35.7 Å². The maximum Gasteiger partial charge on any atom is 0.330 e. The van der Waals surface area contributed by atoms with Crippen LogP contribution >= 0.6 is 0 Å². The lowest BCUT2D eigenvalue weighted by molar-refractivity contribution is 0.0975. The molecule has 0 spiro atoms. The lowest BCUT2D eigenvalue weighted by Gasteiger charge is -2.24. The summed E-state index contributed by atoms with van der Waals surface area (Å²) < 4.78 is 11.2. The number of nitrogen functional groups attached to an aromatic ring is 1. The quantitative estimate of drug-likeness (QED) is 0.756. The minimum atomic E-state index is -0.726. The van der Waals surface area contributed by atoms with Crippen molar-refractivity contribution in [1.29, 1.82) is 0 Å². The molecule has 1 amide bonds. The second-order valence-corrected chi connectivity index (χ2v) is 5.96. The lowest BCUT2D eigenvalue weighted by Crippen LogP contribution is -2.42. The zero-order chi connectivity index (χ0) is 18.6. The van der Waals surface area contributed by atoms with Gasteiger partial charge in [0.05, 0.1) is 18.4 Å². The number of amides is 1. The summed E-state index contributed by atoms with van der Waals surface area (Å²) in [5, 5.41) is 0. The summed E-state index contributed by atoms with van der Waals surface area (Å²) >= 11 is 0. The molecular formula is C16H22N4O5. The minimum absolute atomic E-state index is 0.0598. The van der Waals surface area contributed by atoms with E-state index < -0.39 is 17.2 Å². The summed E-state index contributed by atoms with van der Waals surface area (Å²) in [6.45, 7) is 4.41. The van der Waals surface area contributed by atoms with Crippen molar-refractivity contribution in [3.63, 3.8) is 0 Å². The average molecular weight is 350 g/mol. The highest BCUT2D eigenvalue weighted by molar-refractivity contribution is 6.07. The van der Waals surface area contributed by atoms with Crippen molar-refractivity contribution in [3.05, 3.63) is 45.0 Å². The fraction of sp³-hybridized carbons (Fsp3) is 0.438. The molecular weight excluding hydrogens is 328 g/mol. The van der Waals surface area contributed by atoms with E-state index in [0.29, 0.717) is 6.54 Å². The standard InChI is InChI=1S/C16H22N4O5/c1-10(2)8-20-13(17)12(14(21)18-16(20)23)19(5-7-24-3)15(22)11-4-6-25-9-11/h4,6,9-10H,5,7-8,17H2,1-3H3,(H,18,21,23). The largest absolute Gasteiger partial charge is 0.472 e. The lowest BCUT2D eigenvalue weighted by atomic mass is 10.2. The Morgan fingerprint density at radius 1 is 1.44 bits per heavy atom. The molecule has 9 nitrogen and oxygen atoms in total. The first-order valence-corrected chi connectivity index (χ1v) is 7.82. The molecule has 0 aliphatic rings. The maximum absolute atomic E-state index is 12.7. The number of hydrogen-bond donors (Lipinski definition) is 2. The Morgan fingerprint density at radius 3 is 2.72 bits per heavy atom. The van der Waals surface area contributed by atoms with Gasteiger partial charge in [-0.25, -0.2) is 4.79 Å². The first kappa shape index (κ1) is 18.5. The molecule has 136 valence electrons. The van der Waals surface area contributed by atoms with Gasteiger partial charge >= 0.3 is 5.69 Å². The Hall–Kier alpha value is -2.81. The normalized spacial score (nSPS) is 11.0. The van der Waals surface area contributed by atoms with E-state index >= 15 is 0 Å². The van der Waals surface area contributed by atoms with Crippen molar-refractivity contribution in [2.45, 2.75) is 20.4 Å². The van der Waals surface area contributed by atoms with Crippen molar-refractivity contribution in [2.24, 2.45) is 5.92 Å². The molecule has 0 bridgehead atoms. The second kappa shape index (κ2) is 7.84. The zero-order valence-corrected chi connectivity index (χ0v) is 14.4. The van der Waals surface area contributed by atoms with E-state index in [4.69, 9.17) is 14.9 Å². The van der Waals surface area contributed by atoms with Crippen LogP contribution in [0.3, 0.4) is 0 Å². The van der Waals surface area contributed by atoms with E-state index in [2.05, 4.69) is 4.98 Å². The summed E-state index contributed by atoms with van der Waals surface area (Å²) in [6.07, 6.45) is 2.63. The number of H-pyrrole nitrogens is 1. The molecule has 0 unspecified atom stereocenters. The molecule has 0 fully saturated rings. The van der Waals surface area contributed by atoms with Crippen LogP contribution in [0.25, 0.3) is 0 Å². The molecule has 0 saturated heterocycles. The molecule has 2 heterocycles. The highest BCUT2D eigenvalue weighted by Gasteiger charge is 2.25. The molecule has 3 N–H and O–H groups in total. The number of rotatable bonds is 7. The van der Waals surface area contributed by atoms with Gasteiger partial charge in [0.1, 0.15) is 12.1 Å². The fourth-order valence-corrected chi connectivity index (χ4v) is 2.42. The number of carbonyl (C=O) groups excluding carboxylic acids is 1. The third-order valence-corrected chi connectivity index (χ3v) is 3.56. The van der Waals surface area contributed by atoms with Gasteiger partial charge in [0.2, 0.25) is 0 Å². The Bertz CT molecular complexity index is 835. The SMILES string of the molecule is COCCN(C(=O)c1ccoc1)c1c(N)n(CC(C)C)c(=O)[nH]c1=O. The first-order valence-electron chi connectivity index (χ1n) is 7.82. The van der Waals surface area contributed by atoms with Gasteiger partial charge in [-0.05, 0) is 12.0 Å². The van der Waals surface area contributed by atoms with E-state index in [9.17, 15) is 14.4 Å². The van der Waals surface area contributed by atoms with E-state index in [1.54, 1.807) is 0 Å².